The molecule has 3 aromatic rings. The molecule has 1 amide bonds. The molecule has 0 fully saturated rings. The number of hydrogen-bond acceptors (Lipinski definition) is 5. The lowest BCUT2D eigenvalue weighted by atomic mass is 10.1. The summed E-state index contributed by atoms with van der Waals surface area (Å²) >= 11 is 0. The van der Waals surface area contributed by atoms with Crippen LogP contribution in [-0.2, 0) is 11.3 Å². The van der Waals surface area contributed by atoms with Crippen molar-refractivity contribution in [1.29, 1.82) is 0 Å². The van der Waals surface area contributed by atoms with Gasteiger partial charge in [0.1, 0.15) is 11.3 Å². The van der Waals surface area contributed by atoms with Crippen molar-refractivity contribution in [2.45, 2.75) is 6.54 Å². The van der Waals surface area contributed by atoms with Gasteiger partial charge in [-0.1, -0.05) is 12.1 Å². The van der Waals surface area contributed by atoms with Crippen LogP contribution in [0.1, 0.15) is 21.7 Å². The molecule has 7 nitrogen and oxygen atoms in total. The van der Waals surface area contributed by atoms with E-state index in [0.29, 0.717) is 10.9 Å². The minimum atomic E-state index is -1.18. The first-order valence-electron chi connectivity index (χ1n) is 7.87. The summed E-state index contributed by atoms with van der Waals surface area (Å²) in [6.07, 6.45) is 3.54. The van der Waals surface area contributed by atoms with Crippen molar-refractivity contribution in [3.63, 3.8) is 0 Å². The van der Waals surface area contributed by atoms with E-state index in [9.17, 15) is 19.1 Å². The highest BCUT2D eigenvalue weighted by atomic mass is 19.1. The molecular weight excluding hydrogens is 353 g/mol. The molecule has 0 unspecified atom stereocenters. The predicted molar refractivity (Wildman–Crippen MR) is 95.4 cm³/mol. The standard InChI is InChI=1S/C19H14FN3O4/c20-12-5-3-11(4-6-12)10-22-19(27)17-18(26)16-13(2-1-9-21-16)14(23-17)7-8-15(24)25/h1-9,26H,10H2,(H,22,27)(H,24,25). The Kier molecular flexibility index (Phi) is 5.07. The summed E-state index contributed by atoms with van der Waals surface area (Å²) in [5, 5.41) is 22.2. The Morgan fingerprint density at radius 3 is 2.63 bits per heavy atom. The molecule has 2 heterocycles. The van der Waals surface area contributed by atoms with E-state index >= 15 is 0 Å². The molecule has 3 N–H and O–H groups in total. The summed E-state index contributed by atoms with van der Waals surface area (Å²) in [5.41, 5.74) is 0.692. The van der Waals surface area contributed by atoms with Gasteiger partial charge in [0.2, 0.25) is 0 Å². The first-order chi connectivity index (χ1) is 13.0. The average molecular weight is 367 g/mol. The number of carboxylic acids is 1. The van der Waals surface area contributed by atoms with Crippen molar-refractivity contribution < 1.29 is 24.2 Å². The van der Waals surface area contributed by atoms with Gasteiger partial charge in [-0.3, -0.25) is 9.78 Å². The van der Waals surface area contributed by atoms with Crippen molar-refractivity contribution in [1.82, 2.24) is 15.3 Å². The molecule has 1 aromatic carbocycles. The van der Waals surface area contributed by atoms with E-state index < -0.39 is 17.6 Å². The number of rotatable bonds is 5. The van der Waals surface area contributed by atoms with Gasteiger partial charge in [-0.15, -0.1) is 0 Å². The third-order valence-corrected chi connectivity index (χ3v) is 3.73. The van der Waals surface area contributed by atoms with Gasteiger partial charge in [0.15, 0.2) is 11.4 Å². The minimum absolute atomic E-state index is 0.0980. The van der Waals surface area contributed by atoms with Crippen molar-refractivity contribution in [2.75, 3.05) is 0 Å². The van der Waals surface area contributed by atoms with E-state index in [1.54, 1.807) is 12.1 Å². The third kappa shape index (κ3) is 4.06. The Morgan fingerprint density at radius 2 is 1.93 bits per heavy atom. The lowest BCUT2D eigenvalue weighted by Crippen LogP contribution is -2.24. The lowest BCUT2D eigenvalue weighted by molar-refractivity contribution is -0.131. The number of carbonyl (C=O) groups is 2. The smallest absolute Gasteiger partial charge is 0.328 e. The molecule has 136 valence electrons. The number of aliphatic carboxylic acids is 1. The third-order valence-electron chi connectivity index (χ3n) is 3.73. The molecule has 0 atom stereocenters. The van der Waals surface area contributed by atoms with E-state index in [2.05, 4.69) is 15.3 Å². The van der Waals surface area contributed by atoms with E-state index in [1.807, 2.05) is 0 Å². The number of amides is 1. The lowest BCUT2D eigenvalue weighted by Gasteiger charge is -2.10. The molecular formula is C19H14FN3O4. The molecule has 0 aliphatic carbocycles. The van der Waals surface area contributed by atoms with Gasteiger partial charge in [0.25, 0.3) is 5.91 Å². The zero-order valence-corrected chi connectivity index (χ0v) is 13.9. The van der Waals surface area contributed by atoms with Gasteiger partial charge in [0.05, 0.1) is 5.69 Å². The van der Waals surface area contributed by atoms with Crippen LogP contribution in [0, 0.1) is 5.82 Å². The molecule has 0 aliphatic rings. The SMILES string of the molecule is O=C(O)C=Cc1nc(C(=O)NCc2ccc(F)cc2)c(O)c2ncccc12. The highest BCUT2D eigenvalue weighted by molar-refractivity contribution is 6.03. The van der Waals surface area contributed by atoms with Gasteiger partial charge in [-0.2, -0.15) is 0 Å². The van der Waals surface area contributed by atoms with Crippen LogP contribution in [0.25, 0.3) is 17.0 Å². The maximum Gasteiger partial charge on any atom is 0.328 e. The zero-order valence-electron chi connectivity index (χ0n) is 13.9. The fourth-order valence-corrected chi connectivity index (χ4v) is 2.45. The number of aromatic hydroxyl groups is 1. The number of aromatic nitrogens is 2. The number of nitrogens with zero attached hydrogens (tertiary/aromatic N) is 2. The Bertz CT molecular complexity index is 1050. The van der Waals surface area contributed by atoms with Gasteiger partial charge in [-0.25, -0.2) is 14.2 Å². The van der Waals surface area contributed by atoms with Crippen LogP contribution in [0.4, 0.5) is 4.39 Å². The summed E-state index contributed by atoms with van der Waals surface area (Å²) in [7, 11) is 0. The van der Waals surface area contributed by atoms with Crippen molar-refractivity contribution in [2.24, 2.45) is 0 Å². The topological polar surface area (TPSA) is 112 Å². The average Bonchev–Trinajstić information content (AvgIpc) is 2.67. The number of halogens is 1. The molecule has 0 saturated heterocycles. The van der Waals surface area contributed by atoms with Crippen LogP contribution in [-0.4, -0.2) is 32.1 Å². The number of nitrogens with one attached hydrogen (secondary N) is 1. The van der Waals surface area contributed by atoms with Crippen LogP contribution in [0.5, 0.6) is 5.75 Å². The molecule has 0 bridgehead atoms. The summed E-state index contributed by atoms with van der Waals surface area (Å²) in [5.74, 6) is -2.65. The molecule has 0 radical (unpaired) electrons. The molecule has 3 rings (SSSR count). The highest BCUT2D eigenvalue weighted by Gasteiger charge is 2.19. The summed E-state index contributed by atoms with van der Waals surface area (Å²) in [6, 6.07) is 8.79. The van der Waals surface area contributed by atoms with E-state index in [-0.39, 0.29) is 29.3 Å². The van der Waals surface area contributed by atoms with Crippen LogP contribution in [0.2, 0.25) is 0 Å². The van der Waals surface area contributed by atoms with Crippen molar-refractivity contribution in [3.05, 3.63) is 71.4 Å². The first-order valence-corrected chi connectivity index (χ1v) is 7.87. The number of fused-ring (bicyclic) bond motifs is 1. The normalized spacial score (nSPS) is 11.0. The quantitative estimate of drug-likeness (QED) is 0.597. The van der Waals surface area contributed by atoms with Gasteiger partial charge < -0.3 is 15.5 Å². The molecule has 0 spiro atoms. The molecule has 27 heavy (non-hydrogen) atoms. The fraction of sp³-hybridized carbons (Fsp3) is 0.0526. The fourth-order valence-electron chi connectivity index (χ4n) is 2.45. The minimum Gasteiger partial charge on any atom is -0.504 e. The zero-order chi connectivity index (χ0) is 19.4. The largest absolute Gasteiger partial charge is 0.504 e. The number of benzene rings is 1. The van der Waals surface area contributed by atoms with E-state index in [0.717, 1.165) is 6.08 Å². The Hall–Kier alpha value is -3.81. The van der Waals surface area contributed by atoms with Gasteiger partial charge in [-0.05, 0) is 35.9 Å². The predicted octanol–water partition coefficient (Wildman–Crippen LogP) is 2.50. The number of carboxylic acid groups (broad SMARTS) is 1. The van der Waals surface area contributed by atoms with Crippen LogP contribution >= 0.6 is 0 Å². The van der Waals surface area contributed by atoms with Gasteiger partial charge >= 0.3 is 5.97 Å². The maximum atomic E-state index is 12.9. The molecule has 0 saturated carbocycles. The number of hydrogen-bond donors (Lipinski definition) is 3. The Morgan fingerprint density at radius 1 is 1.19 bits per heavy atom. The first kappa shape index (κ1) is 18.0. The Labute approximate surface area is 152 Å². The monoisotopic (exact) mass is 367 g/mol. The van der Waals surface area contributed by atoms with Crippen molar-refractivity contribution >= 4 is 28.9 Å². The second-order valence-electron chi connectivity index (χ2n) is 5.57. The molecule has 2 aromatic heterocycles. The van der Waals surface area contributed by atoms with Gasteiger partial charge in [0, 0.05) is 24.2 Å². The van der Waals surface area contributed by atoms with Crippen LogP contribution < -0.4 is 5.32 Å². The van der Waals surface area contributed by atoms with E-state index in [4.69, 9.17) is 5.11 Å². The van der Waals surface area contributed by atoms with Crippen LogP contribution in [0.3, 0.4) is 0 Å². The summed E-state index contributed by atoms with van der Waals surface area (Å²) in [6.45, 7) is 0.0980. The number of carbonyl (C=O) groups excluding carboxylic acids is 1. The Balaban J connectivity index is 1.95. The highest BCUT2D eigenvalue weighted by Crippen LogP contribution is 2.28. The van der Waals surface area contributed by atoms with E-state index in [1.165, 1.54) is 36.5 Å². The maximum absolute atomic E-state index is 12.9. The van der Waals surface area contributed by atoms with Crippen molar-refractivity contribution in [3.8, 4) is 5.75 Å². The number of pyridine rings is 2. The second-order valence-corrected chi connectivity index (χ2v) is 5.57. The molecule has 0 aliphatic heterocycles. The summed E-state index contributed by atoms with van der Waals surface area (Å²) < 4.78 is 12.9. The summed E-state index contributed by atoms with van der Waals surface area (Å²) in [4.78, 5) is 31.4. The van der Waals surface area contributed by atoms with Crippen LogP contribution in [0.15, 0.2) is 48.7 Å². The second kappa shape index (κ2) is 7.61. The molecule has 8 heteroatoms.